The summed E-state index contributed by atoms with van der Waals surface area (Å²) in [7, 11) is 0. The van der Waals surface area contributed by atoms with Crippen LogP contribution in [0.15, 0.2) is 0 Å². The van der Waals surface area contributed by atoms with E-state index in [0.29, 0.717) is 17.8 Å². The molecule has 5 nitrogen and oxygen atoms in total. The Kier molecular flexibility index (Phi) is 5.95. The standard InChI is InChI=1S/C19H34N2O3/c1-18(2,3)17(23)21-11-15-8-14(15)9-19(4,5)24-12-16(22)20-10-13-6-7-13/h13-15H,6-12H2,1-5H3,(H,20,22)(H,21,23). The Morgan fingerprint density at radius 1 is 1.00 bits per heavy atom. The van der Waals surface area contributed by atoms with Crippen molar-refractivity contribution < 1.29 is 14.3 Å². The molecule has 0 radical (unpaired) electrons. The van der Waals surface area contributed by atoms with Gasteiger partial charge in [-0.25, -0.2) is 0 Å². The first-order valence-corrected chi connectivity index (χ1v) is 9.26. The van der Waals surface area contributed by atoms with Gasteiger partial charge in [0, 0.05) is 18.5 Å². The lowest BCUT2D eigenvalue weighted by atomic mass is 9.95. The molecule has 2 saturated carbocycles. The van der Waals surface area contributed by atoms with Crippen LogP contribution in [0.3, 0.4) is 0 Å². The molecule has 2 atom stereocenters. The van der Waals surface area contributed by atoms with Crippen LogP contribution in [0.2, 0.25) is 0 Å². The minimum Gasteiger partial charge on any atom is -0.366 e. The number of amides is 2. The molecule has 0 heterocycles. The largest absolute Gasteiger partial charge is 0.366 e. The highest BCUT2D eigenvalue weighted by Crippen LogP contribution is 2.44. The van der Waals surface area contributed by atoms with E-state index in [1.807, 2.05) is 34.6 Å². The highest BCUT2D eigenvalue weighted by atomic mass is 16.5. The van der Waals surface area contributed by atoms with Crippen LogP contribution in [-0.2, 0) is 14.3 Å². The second kappa shape index (κ2) is 7.42. The van der Waals surface area contributed by atoms with Crippen LogP contribution in [0.25, 0.3) is 0 Å². The Morgan fingerprint density at radius 3 is 2.25 bits per heavy atom. The van der Waals surface area contributed by atoms with Crippen molar-refractivity contribution in [2.45, 2.75) is 65.9 Å². The van der Waals surface area contributed by atoms with Crippen LogP contribution < -0.4 is 10.6 Å². The van der Waals surface area contributed by atoms with Crippen molar-refractivity contribution >= 4 is 11.8 Å². The van der Waals surface area contributed by atoms with Crippen molar-refractivity contribution in [3.05, 3.63) is 0 Å². The minimum absolute atomic E-state index is 0.0141. The summed E-state index contributed by atoms with van der Waals surface area (Å²) in [4.78, 5) is 23.7. The average Bonchev–Trinajstić information content (AvgIpc) is 3.36. The van der Waals surface area contributed by atoms with Crippen LogP contribution in [0.4, 0.5) is 0 Å². The van der Waals surface area contributed by atoms with E-state index in [9.17, 15) is 9.59 Å². The molecule has 0 saturated heterocycles. The summed E-state index contributed by atoms with van der Waals surface area (Å²) in [6.07, 6.45) is 4.53. The summed E-state index contributed by atoms with van der Waals surface area (Å²) < 4.78 is 5.82. The number of hydrogen-bond acceptors (Lipinski definition) is 3. The molecule has 2 fully saturated rings. The quantitative estimate of drug-likeness (QED) is 0.679. The van der Waals surface area contributed by atoms with Crippen LogP contribution >= 0.6 is 0 Å². The van der Waals surface area contributed by atoms with Crippen LogP contribution in [-0.4, -0.2) is 37.1 Å². The van der Waals surface area contributed by atoms with Crippen molar-refractivity contribution in [2.75, 3.05) is 19.7 Å². The number of carbonyl (C=O) groups excluding carboxylic acids is 2. The Hall–Kier alpha value is -1.10. The van der Waals surface area contributed by atoms with E-state index in [4.69, 9.17) is 4.74 Å². The highest BCUT2D eigenvalue weighted by Gasteiger charge is 2.41. The number of carbonyl (C=O) groups is 2. The van der Waals surface area contributed by atoms with Crippen molar-refractivity contribution in [2.24, 2.45) is 23.2 Å². The molecule has 0 aromatic rings. The SMILES string of the molecule is CC(C)(CC1CC1CNC(=O)C(C)(C)C)OCC(=O)NCC1CC1. The highest BCUT2D eigenvalue weighted by molar-refractivity contribution is 5.81. The fourth-order valence-electron chi connectivity index (χ4n) is 2.88. The lowest BCUT2D eigenvalue weighted by molar-refractivity contribution is -0.132. The molecular weight excluding hydrogens is 304 g/mol. The number of rotatable bonds is 9. The van der Waals surface area contributed by atoms with Gasteiger partial charge in [0.25, 0.3) is 0 Å². The fourth-order valence-corrected chi connectivity index (χ4v) is 2.88. The zero-order valence-electron chi connectivity index (χ0n) is 15.9. The number of ether oxygens (including phenoxy) is 1. The predicted octanol–water partition coefficient (Wildman–Crippen LogP) is 2.50. The molecule has 0 aromatic carbocycles. The molecule has 0 spiro atoms. The average molecular weight is 338 g/mol. The van der Waals surface area contributed by atoms with Gasteiger partial charge in [-0.3, -0.25) is 9.59 Å². The number of hydrogen-bond donors (Lipinski definition) is 2. The maximum atomic E-state index is 11.9. The van der Waals surface area contributed by atoms with Gasteiger partial charge in [-0.2, -0.15) is 0 Å². The zero-order valence-corrected chi connectivity index (χ0v) is 15.9. The van der Waals surface area contributed by atoms with E-state index in [1.54, 1.807) is 0 Å². The third-order valence-corrected chi connectivity index (χ3v) is 4.91. The Bertz CT molecular complexity index is 464. The van der Waals surface area contributed by atoms with Gasteiger partial charge in [0.2, 0.25) is 11.8 Å². The van der Waals surface area contributed by atoms with Gasteiger partial charge in [-0.05, 0) is 57.3 Å². The van der Waals surface area contributed by atoms with Gasteiger partial charge in [0.15, 0.2) is 0 Å². The summed E-state index contributed by atoms with van der Waals surface area (Å²) in [5.41, 5.74) is -0.634. The summed E-state index contributed by atoms with van der Waals surface area (Å²) >= 11 is 0. The van der Waals surface area contributed by atoms with E-state index >= 15 is 0 Å². The van der Waals surface area contributed by atoms with Gasteiger partial charge in [-0.1, -0.05) is 20.8 Å². The van der Waals surface area contributed by atoms with Crippen LogP contribution in [0.1, 0.15) is 60.3 Å². The van der Waals surface area contributed by atoms with E-state index in [0.717, 1.165) is 25.9 Å². The minimum atomic E-state index is -0.333. The molecule has 0 bridgehead atoms. The van der Waals surface area contributed by atoms with Crippen molar-refractivity contribution in [3.63, 3.8) is 0 Å². The molecular formula is C19H34N2O3. The molecule has 2 rings (SSSR count). The predicted molar refractivity (Wildman–Crippen MR) is 94.4 cm³/mol. The molecule has 5 heteroatoms. The van der Waals surface area contributed by atoms with Crippen LogP contribution in [0, 0.1) is 23.2 Å². The molecule has 24 heavy (non-hydrogen) atoms. The van der Waals surface area contributed by atoms with E-state index in [-0.39, 0.29) is 29.4 Å². The summed E-state index contributed by atoms with van der Waals surface area (Å²) in [6, 6.07) is 0. The maximum absolute atomic E-state index is 11.9. The van der Waals surface area contributed by atoms with Gasteiger partial charge < -0.3 is 15.4 Å². The van der Waals surface area contributed by atoms with E-state index in [2.05, 4.69) is 10.6 Å². The van der Waals surface area contributed by atoms with Crippen molar-refractivity contribution in [1.29, 1.82) is 0 Å². The Morgan fingerprint density at radius 2 is 1.67 bits per heavy atom. The molecule has 2 N–H and O–H groups in total. The van der Waals surface area contributed by atoms with E-state index in [1.165, 1.54) is 12.8 Å². The molecule has 2 amide bonds. The molecule has 2 aliphatic rings. The smallest absolute Gasteiger partial charge is 0.246 e. The molecule has 2 aliphatic carbocycles. The monoisotopic (exact) mass is 338 g/mol. The van der Waals surface area contributed by atoms with Crippen molar-refractivity contribution in [1.82, 2.24) is 10.6 Å². The summed E-state index contributed by atoms with van der Waals surface area (Å²) in [5, 5.41) is 5.97. The Balaban J connectivity index is 1.60. The van der Waals surface area contributed by atoms with Gasteiger partial charge >= 0.3 is 0 Å². The molecule has 0 aromatic heterocycles. The maximum Gasteiger partial charge on any atom is 0.246 e. The molecule has 0 aliphatic heterocycles. The van der Waals surface area contributed by atoms with Crippen LogP contribution in [0.5, 0.6) is 0 Å². The summed E-state index contributed by atoms with van der Waals surface area (Å²) in [5.74, 6) is 1.91. The van der Waals surface area contributed by atoms with E-state index < -0.39 is 0 Å². The van der Waals surface area contributed by atoms with Gasteiger partial charge in [-0.15, -0.1) is 0 Å². The first kappa shape index (κ1) is 19.2. The second-order valence-corrected chi connectivity index (χ2v) is 9.22. The number of nitrogens with one attached hydrogen (secondary N) is 2. The fraction of sp³-hybridized carbons (Fsp3) is 0.895. The third-order valence-electron chi connectivity index (χ3n) is 4.91. The summed E-state index contributed by atoms with van der Waals surface area (Å²) in [6.45, 7) is 11.6. The first-order chi connectivity index (χ1) is 11.1. The topological polar surface area (TPSA) is 67.4 Å². The second-order valence-electron chi connectivity index (χ2n) is 9.22. The van der Waals surface area contributed by atoms with Crippen molar-refractivity contribution in [3.8, 4) is 0 Å². The molecule has 2 unspecified atom stereocenters. The lowest BCUT2D eigenvalue weighted by Crippen LogP contribution is -2.36. The Labute approximate surface area is 146 Å². The lowest BCUT2D eigenvalue weighted by Gasteiger charge is -2.25. The van der Waals surface area contributed by atoms with Gasteiger partial charge in [0.1, 0.15) is 6.61 Å². The first-order valence-electron chi connectivity index (χ1n) is 9.26. The third kappa shape index (κ3) is 6.80. The molecule has 138 valence electrons. The zero-order chi connectivity index (χ0) is 18.0. The van der Waals surface area contributed by atoms with Gasteiger partial charge in [0.05, 0.1) is 5.60 Å². The normalized spacial score (nSPS) is 23.7.